The molecule has 9 heteroatoms. The maximum Gasteiger partial charge on any atom is 0.338 e. The van der Waals surface area contributed by atoms with E-state index in [4.69, 9.17) is 19.3 Å². The van der Waals surface area contributed by atoms with Crippen LogP contribution in [0.25, 0.3) is 17.5 Å². The number of allylic oxidation sites excluding steroid dienone is 1. The topological polar surface area (TPSA) is 124 Å². The van der Waals surface area contributed by atoms with Crippen LogP contribution in [0.15, 0.2) is 56.0 Å². The number of thiazole rings is 1. The van der Waals surface area contributed by atoms with Gasteiger partial charge in [0, 0.05) is 6.08 Å². The molecule has 4 heterocycles. The highest BCUT2D eigenvalue weighted by atomic mass is 32.1. The van der Waals surface area contributed by atoms with Crippen LogP contribution in [0.1, 0.15) is 31.3 Å². The summed E-state index contributed by atoms with van der Waals surface area (Å²) in [6.07, 6.45) is 4.09. The van der Waals surface area contributed by atoms with Crippen molar-refractivity contribution < 1.29 is 18.4 Å². The van der Waals surface area contributed by atoms with Crippen LogP contribution in [0.4, 0.5) is 0 Å². The molecule has 0 aliphatic carbocycles. The first kappa shape index (κ1) is 19.5. The molecule has 0 amide bonds. The summed E-state index contributed by atoms with van der Waals surface area (Å²) in [6.45, 7) is 3.44. The molecule has 0 spiro atoms. The lowest BCUT2D eigenvalue weighted by Gasteiger charge is -2.23. The minimum absolute atomic E-state index is 0.0394. The van der Waals surface area contributed by atoms with Gasteiger partial charge in [0.15, 0.2) is 0 Å². The molecule has 1 aliphatic rings. The third-order valence-electron chi connectivity index (χ3n) is 4.48. The van der Waals surface area contributed by atoms with Gasteiger partial charge >= 0.3 is 5.97 Å². The van der Waals surface area contributed by atoms with E-state index < -0.39 is 23.6 Å². The minimum atomic E-state index is -0.884. The molecule has 0 saturated carbocycles. The number of ether oxygens (including phenoxy) is 1. The van der Waals surface area contributed by atoms with Gasteiger partial charge in [-0.2, -0.15) is 5.26 Å². The Morgan fingerprint density at radius 1 is 1.33 bits per heavy atom. The first-order valence-corrected chi connectivity index (χ1v) is 9.89. The summed E-state index contributed by atoms with van der Waals surface area (Å²) in [4.78, 5) is 26.2. The van der Waals surface area contributed by atoms with E-state index >= 15 is 0 Å². The van der Waals surface area contributed by atoms with E-state index in [0.29, 0.717) is 20.7 Å². The number of nitriles is 1. The molecule has 0 saturated heterocycles. The van der Waals surface area contributed by atoms with E-state index in [1.165, 1.54) is 17.1 Å². The van der Waals surface area contributed by atoms with E-state index in [0.717, 1.165) is 11.3 Å². The predicted molar refractivity (Wildman–Crippen MR) is 109 cm³/mol. The van der Waals surface area contributed by atoms with Gasteiger partial charge in [-0.05, 0) is 38.1 Å². The number of fused-ring (bicyclic) bond motifs is 1. The van der Waals surface area contributed by atoms with Crippen molar-refractivity contribution in [2.75, 3.05) is 0 Å². The van der Waals surface area contributed by atoms with Crippen LogP contribution in [0, 0.1) is 11.3 Å². The molecule has 0 fully saturated rings. The van der Waals surface area contributed by atoms with E-state index in [1.807, 2.05) is 6.07 Å². The van der Waals surface area contributed by atoms with Gasteiger partial charge in [0.1, 0.15) is 22.0 Å². The summed E-state index contributed by atoms with van der Waals surface area (Å²) >= 11 is 1.07. The Labute approximate surface area is 174 Å². The van der Waals surface area contributed by atoms with Crippen molar-refractivity contribution in [3.05, 3.63) is 73.4 Å². The van der Waals surface area contributed by atoms with Gasteiger partial charge in [0.25, 0.3) is 5.56 Å². The molecule has 2 N–H and O–H groups in total. The van der Waals surface area contributed by atoms with Gasteiger partial charge < -0.3 is 19.3 Å². The molecule has 0 aromatic carbocycles. The number of carbonyl (C=O) groups is 1. The molecular formula is C21H17N3O5S. The van der Waals surface area contributed by atoms with Crippen LogP contribution < -0.4 is 20.5 Å². The maximum atomic E-state index is 13.1. The van der Waals surface area contributed by atoms with Crippen LogP contribution in [0.2, 0.25) is 0 Å². The number of esters is 1. The van der Waals surface area contributed by atoms with E-state index in [2.05, 4.69) is 0 Å². The highest BCUT2D eigenvalue weighted by molar-refractivity contribution is 7.07. The molecule has 0 bridgehead atoms. The fourth-order valence-corrected chi connectivity index (χ4v) is 4.41. The number of hydrogen-bond acceptors (Lipinski definition) is 8. The summed E-state index contributed by atoms with van der Waals surface area (Å²) in [7, 11) is 0. The molecule has 152 valence electrons. The molecule has 8 nitrogen and oxygen atoms in total. The number of carbonyl (C=O) groups excluding carboxylic acids is 1. The Morgan fingerprint density at radius 3 is 2.67 bits per heavy atom. The van der Waals surface area contributed by atoms with Crippen molar-refractivity contribution in [3.8, 4) is 6.07 Å². The molecule has 0 radical (unpaired) electrons. The number of furan rings is 2. The van der Waals surface area contributed by atoms with Crippen LogP contribution in [-0.4, -0.2) is 16.6 Å². The summed E-state index contributed by atoms with van der Waals surface area (Å²) in [5.41, 5.74) is 5.95. The number of aromatic nitrogens is 1. The van der Waals surface area contributed by atoms with Crippen LogP contribution >= 0.6 is 11.3 Å². The van der Waals surface area contributed by atoms with Crippen LogP contribution in [0.5, 0.6) is 0 Å². The lowest BCUT2D eigenvalue weighted by Crippen LogP contribution is -2.40. The SMILES string of the molecule is CC(C)OC(=O)C1=c2s/c(=C/c3ccco3)c(=O)n2C(N)=C(C#N)C1c1ccco1. The highest BCUT2D eigenvalue weighted by Crippen LogP contribution is 2.36. The first-order valence-electron chi connectivity index (χ1n) is 9.08. The zero-order chi connectivity index (χ0) is 21.4. The second-order valence-electron chi connectivity index (χ2n) is 6.80. The molecule has 30 heavy (non-hydrogen) atoms. The van der Waals surface area contributed by atoms with Gasteiger partial charge in [-0.25, -0.2) is 4.79 Å². The lowest BCUT2D eigenvalue weighted by atomic mass is 9.88. The fraction of sp³-hybridized carbons (Fsp3) is 0.190. The Bertz CT molecular complexity index is 1350. The number of hydrogen-bond donors (Lipinski definition) is 1. The maximum absolute atomic E-state index is 13.1. The zero-order valence-electron chi connectivity index (χ0n) is 16.1. The monoisotopic (exact) mass is 423 g/mol. The van der Waals surface area contributed by atoms with Gasteiger partial charge in [0.2, 0.25) is 0 Å². The third-order valence-corrected chi connectivity index (χ3v) is 5.58. The summed E-state index contributed by atoms with van der Waals surface area (Å²) in [6, 6.07) is 8.73. The lowest BCUT2D eigenvalue weighted by molar-refractivity contribution is -0.140. The standard InChI is InChI=1S/C21H17N3O5S/c1-11(2)29-21(26)17-16(14-6-4-8-28-14)13(10-22)18(23)24-19(25)15(30-20(17)24)9-12-5-3-7-27-12/h3-9,11,16H,23H2,1-2H3/b15-9+. The summed E-state index contributed by atoms with van der Waals surface area (Å²) < 4.78 is 18.0. The van der Waals surface area contributed by atoms with Crippen LogP contribution in [0.3, 0.4) is 0 Å². The molecule has 4 rings (SSSR count). The van der Waals surface area contributed by atoms with Crippen molar-refractivity contribution in [2.45, 2.75) is 25.9 Å². The van der Waals surface area contributed by atoms with Gasteiger partial charge in [-0.15, -0.1) is 11.3 Å². The van der Waals surface area contributed by atoms with Crippen LogP contribution in [-0.2, 0) is 9.53 Å². The largest absolute Gasteiger partial charge is 0.468 e. The average molecular weight is 423 g/mol. The Balaban J connectivity index is 2.10. The fourth-order valence-electron chi connectivity index (χ4n) is 3.26. The quantitative estimate of drug-likeness (QED) is 0.630. The normalized spacial score (nSPS) is 16.7. The Hall–Kier alpha value is -3.77. The minimum Gasteiger partial charge on any atom is -0.468 e. The Morgan fingerprint density at radius 2 is 2.07 bits per heavy atom. The summed E-state index contributed by atoms with van der Waals surface area (Å²) in [5, 5.41) is 9.81. The van der Waals surface area contributed by atoms with Gasteiger partial charge in [-0.3, -0.25) is 9.36 Å². The molecule has 3 aromatic heterocycles. The van der Waals surface area contributed by atoms with E-state index in [9.17, 15) is 14.9 Å². The van der Waals surface area contributed by atoms with Crippen molar-refractivity contribution in [1.29, 1.82) is 5.26 Å². The van der Waals surface area contributed by atoms with Crippen molar-refractivity contribution in [1.82, 2.24) is 4.57 Å². The second-order valence-corrected chi connectivity index (χ2v) is 7.83. The third kappa shape index (κ3) is 3.17. The zero-order valence-corrected chi connectivity index (χ0v) is 16.9. The highest BCUT2D eigenvalue weighted by Gasteiger charge is 2.38. The molecular weight excluding hydrogens is 406 g/mol. The van der Waals surface area contributed by atoms with Crippen molar-refractivity contribution in [2.24, 2.45) is 5.73 Å². The number of nitrogens with zero attached hydrogens (tertiary/aromatic N) is 2. The van der Waals surface area contributed by atoms with Gasteiger partial charge in [-0.1, -0.05) is 0 Å². The van der Waals surface area contributed by atoms with Gasteiger partial charge in [0.05, 0.1) is 46.3 Å². The van der Waals surface area contributed by atoms with Crippen molar-refractivity contribution in [3.63, 3.8) is 0 Å². The number of nitrogens with two attached hydrogens (primary N) is 1. The van der Waals surface area contributed by atoms with E-state index in [-0.39, 0.29) is 17.0 Å². The molecule has 3 aromatic rings. The van der Waals surface area contributed by atoms with Crippen molar-refractivity contribution >= 4 is 34.8 Å². The molecule has 1 unspecified atom stereocenters. The number of rotatable bonds is 4. The molecule has 1 aliphatic heterocycles. The first-order chi connectivity index (χ1) is 14.4. The average Bonchev–Trinajstić information content (AvgIpc) is 3.44. The Kier molecular flexibility index (Phi) is 4.93. The summed E-state index contributed by atoms with van der Waals surface area (Å²) in [5.74, 6) is -0.746. The smallest absolute Gasteiger partial charge is 0.338 e. The second kappa shape index (κ2) is 7.57. The van der Waals surface area contributed by atoms with E-state index in [1.54, 1.807) is 44.2 Å². The predicted octanol–water partition coefficient (Wildman–Crippen LogP) is 1.48. The molecule has 1 atom stereocenters.